The van der Waals surface area contributed by atoms with Gasteiger partial charge >= 0.3 is 6.18 Å². The van der Waals surface area contributed by atoms with Gasteiger partial charge in [0.05, 0.1) is 6.42 Å². The van der Waals surface area contributed by atoms with Crippen LogP contribution < -0.4 is 0 Å². The molecule has 1 rings (SSSR count). The van der Waals surface area contributed by atoms with Gasteiger partial charge in [-0.15, -0.1) is 0 Å². The smallest absolute Gasteiger partial charge is 0.393 e. The average Bonchev–Trinajstić information content (AvgIpc) is 1.93. The maximum absolute atomic E-state index is 11.9. The Morgan fingerprint density at radius 2 is 1.92 bits per heavy atom. The van der Waals surface area contributed by atoms with Gasteiger partial charge in [-0.2, -0.15) is 13.2 Å². The number of hydrogen-bond acceptors (Lipinski definition) is 1. The fourth-order valence-electron chi connectivity index (χ4n) is 1.04. The van der Waals surface area contributed by atoms with E-state index in [0.29, 0.717) is 0 Å². The summed E-state index contributed by atoms with van der Waals surface area (Å²) in [6.07, 6.45) is -5.36. The van der Waals surface area contributed by atoms with Crippen molar-refractivity contribution in [1.29, 1.82) is 0 Å². The summed E-state index contributed by atoms with van der Waals surface area (Å²) in [7, 11) is 0. The number of halogens is 3. The van der Waals surface area contributed by atoms with Crippen molar-refractivity contribution in [2.24, 2.45) is 0 Å². The van der Waals surface area contributed by atoms with Crippen LogP contribution in [0.2, 0.25) is 0 Å². The Labute approximate surface area is 73.8 Å². The van der Waals surface area contributed by atoms with Gasteiger partial charge in [0.15, 0.2) is 0 Å². The summed E-state index contributed by atoms with van der Waals surface area (Å²) in [6, 6.07) is 4.15. The normalized spacial score (nSPS) is 11.7. The molecule has 4 heteroatoms. The van der Waals surface area contributed by atoms with E-state index in [2.05, 4.69) is 0 Å². The van der Waals surface area contributed by atoms with Crippen molar-refractivity contribution in [2.45, 2.75) is 19.5 Å². The molecule has 0 aliphatic rings. The van der Waals surface area contributed by atoms with Crippen molar-refractivity contribution in [3.05, 3.63) is 29.3 Å². The Morgan fingerprint density at radius 3 is 2.38 bits per heavy atom. The van der Waals surface area contributed by atoms with Crippen molar-refractivity contribution in [1.82, 2.24) is 0 Å². The molecule has 0 bridgehead atoms. The molecule has 0 heterocycles. The van der Waals surface area contributed by atoms with Crippen LogP contribution in [0, 0.1) is 6.92 Å². The van der Waals surface area contributed by atoms with Gasteiger partial charge in [0, 0.05) is 5.56 Å². The van der Waals surface area contributed by atoms with Crippen molar-refractivity contribution in [3.8, 4) is 5.75 Å². The van der Waals surface area contributed by atoms with Crippen LogP contribution in [0.1, 0.15) is 11.1 Å². The fraction of sp³-hybridized carbons (Fsp3) is 0.333. The number of benzene rings is 1. The first-order valence-electron chi connectivity index (χ1n) is 3.74. The Kier molecular flexibility index (Phi) is 2.50. The van der Waals surface area contributed by atoms with Crippen LogP contribution in [0.3, 0.4) is 0 Å². The van der Waals surface area contributed by atoms with Crippen LogP contribution >= 0.6 is 0 Å². The molecule has 0 unspecified atom stereocenters. The first-order chi connectivity index (χ1) is 5.88. The van der Waals surface area contributed by atoms with E-state index in [4.69, 9.17) is 5.11 Å². The van der Waals surface area contributed by atoms with Gasteiger partial charge in [0.2, 0.25) is 0 Å². The molecule has 1 N–H and O–H groups in total. The second kappa shape index (κ2) is 3.28. The number of aromatic hydroxyl groups is 1. The number of phenols is 1. The highest BCUT2D eigenvalue weighted by Gasteiger charge is 2.28. The molecule has 0 saturated carbocycles. The Morgan fingerprint density at radius 1 is 1.31 bits per heavy atom. The molecule has 0 atom stereocenters. The zero-order valence-corrected chi connectivity index (χ0v) is 7.02. The van der Waals surface area contributed by atoms with Gasteiger partial charge < -0.3 is 5.11 Å². The van der Waals surface area contributed by atoms with Crippen molar-refractivity contribution in [2.75, 3.05) is 0 Å². The minimum absolute atomic E-state index is 0.0851. The lowest BCUT2D eigenvalue weighted by Crippen LogP contribution is -2.11. The van der Waals surface area contributed by atoms with Crippen LogP contribution in [0.25, 0.3) is 0 Å². The third kappa shape index (κ3) is 2.97. The Balaban J connectivity index is 2.90. The summed E-state index contributed by atoms with van der Waals surface area (Å²) in [5.74, 6) is -0.294. The van der Waals surface area contributed by atoms with E-state index in [1.54, 1.807) is 13.0 Å². The number of rotatable bonds is 1. The van der Waals surface area contributed by atoms with Crippen LogP contribution in [-0.2, 0) is 6.42 Å². The van der Waals surface area contributed by atoms with E-state index in [1.807, 2.05) is 0 Å². The van der Waals surface area contributed by atoms with E-state index in [1.165, 1.54) is 12.1 Å². The van der Waals surface area contributed by atoms with Gasteiger partial charge in [-0.05, 0) is 18.6 Å². The van der Waals surface area contributed by atoms with Crippen LogP contribution in [-0.4, -0.2) is 11.3 Å². The Bertz CT molecular complexity index is 304. The van der Waals surface area contributed by atoms with Gasteiger partial charge in [0.25, 0.3) is 0 Å². The van der Waals surface area contributed by atoms with Crippen molar-refractivity contribution < 1.29 is 18.3 Å². The zero-order valence-electron chi connectivity index (χ0n) is 7.02. The van der Waals surface area contributed by atoms with E-state index >= 15 is 0 Å². The summed E-state index contributed by atoms with van der Waals surface area (Å²) in [4.78, 5) is 0. The van der Waals surface area contributed by atoms with Crippen LogP contribution in [0.15, 0.2) is 18.2 Å². The van der Waals surface area contributed by atoms with Crippen molar-refractivity contribution >= 4 is 0 Å². The number of phenolic OH excluding ortho intramolecular Hbond substituents is 1. The maximum Gasteiger partial charge on any atom is 0.393 e. The lowest BCUT2D eigenvalue weighted by molar-refractivity contribution is -0.127. The largest absolute Gasteiger partial charge is 0.508 e. The van der Waals surface area contributed by atoms with Gasteiger partial charge in [-0.1, -0.05) is 12.1 Å². The predicted molar refractivity (Wildman–Crippen MR) is 42.6 cm³/mol. The number of aryl methyl sites for hydroxylation is 1. The number of hydrogen-bond donors (Lipinski definition) is 1. The average molecular weight is 190 g/mol. The summed E-state index contributed by atoms with van der Waals surface area (Å²) in [5.41, 5.74) is 0.654. The lowest BCUT2D eigenvalue weighted by atomic mass is 10.1. The Hall–Kier alpha value is -1.19. The summed E-state index contributed by atoms with van der Waals surface area (Å²) in [6.45, 7) is 1.71. The highest BCUT2D eigenvalue weighted by atomic mass is 19.4. The third-order valence-electron chi connectivity index (χ3n) is 1.63. The summed E-state index contributed by atoms with van der Waals surface area (Å²) in [5, 5.41) is 9.15. The standard InChI is InChI=1S/C9H9F3O/c1-6-2-3-7(8(13)4-6)5-9(10,11)12/h2-4,13H,5H2,1H3. The first-order valence-corrected chi connectivity index (χ1v) is 3.74. The van der Waals surface area contributed by atoms with Gasteiger partial charge in [-0.25, -0.2) is 0 Å². The molecule has 1 nitrogen and oxygen atoms in total. The molecule has 0 saturated heterocycles. The molecule has 0 aliphatic heterocycles. The minimum Gasteiger partial charge on any atom is -0.508 e. The molecule has 0 amide bonds. The van der Waals surface area contributed by atoms with Crippen molar-refractivity contribution in [3.63, 3.8) is 0 Å². The van der Waals surface area contributed by atoms with E-state index in [9.17, 15) is 13.2 Å². The van der Waals surface area contributed by atoms with Gasteiger partial charge in [0.1, 0.15) is 5.75 Å². The molecule has 1 aromatic rings. The summed E-state index contributed by atoms with van der Waals surface area (Å²) >= 11 is 0. The zero-order chi connectivity index (χ0) is 10.1. The molecule has 0 radical (unpaired) electrons. The monoisotopic (exact) mass is 190 g/mol. The highest BCUT2D eigenvalue weighted by Crippen LogP contribution is 2.27. The minimum atomic E-state index is -4.27. The van der Waals surface area contributed by atoms with E-state index < -0.39 is 12.6 Å². The SMILES string of the molecule is Cc1ccc(CC(F)(F)F)c(O)c1. The number of alkyl halides is 3. The molecule has 0 aliphatic carbocycles. The topological polar surface area (TPSA) is 20.2 Å². The third-order valence-corrected chi connectivity index (χ3v) is 1.63. The molecule has 13 heavy (non-hydrogen) atoms. The quantitative estimate of drug-likeness (QED) is 0.721. The lowest BCUT2D eigenvalue weighted by Gasteiger charge is -2.08. The summed E-state index contributed by atoms with van der Waals surface area (Å²) < 4.78 is 35.7. The molecule has 0 fully saturated rings. The molecular weight excluding hydrogens is 181 g/mol. The molecule has 0 aromatic heterocycles. The first kappa shape index (κ1) is 9.89. The molecule has 72 valence electrons. The fourth-order valence-corrected chi connectivity index (χ4v) is 1.04. The van der Waals surface area contributed by atoms with Crippen LogP contribution in [0.4, 0.5) is 13.2 Å². The van der Waals surface area contributed by atoms with E-state index in [0.717, 1.165) is 5.56 Å². The second-order valence-corrected chi connectivity index (χ2v) is 2.92. The van der Waals surface area contributed by atoms with Crippen LogP contribution in [0.5, 0.6) is 5.75 Å². The molecule has 1 aromatic carbocycles. The van der Waals surface area contributed by atoms with Gasteiger partial charge in [-0.3, -0.25) is 0 Å². The highest BCUT2D eigenvalue weighted by molar-refractivity contribution is 5.36. The predicted octanol–water partition coefficient (Wildman–Crippen LogP) is 2.81. The molecule has 0 spiro atoms. The second-order valence-electron chi connectivity index (χ2n) is 2.92. The van der Waals surface area contributed by atoms with E-state index in [-0.39, 0.29) is 11.3 Å². The maximum atomic E-state index is 11.9. The molecular formula is C9H9F3O.